The minimum atomic E-state index is -4.00. The van der Waals surface area contributed by atoms with Crippen LogP contribution in [-0.4, -0.2) is 55.0 Å². The lowest BCUT2D eigenvalue weighted by atomic mass is 10.1. The Balaban J connectivity index is 1.67. The van der Waals surface area contributed by atoms with Crippen LogP contribution in [0.3, 0.4) is 0 Å². The molecule has 1 N–H and O–H groups in total. The molecule has 2 aromatic rings. The molecular weight excluding hydrogens is 500 g/mol. The molecule has 0 aliphatic carbocycles. The first-order chi connectivity index (χ1) is 17.8. The molecule has 2 aliphatic rings. The Labute approximate surface area is 215 Å². The van der Waals surface area contributed by atoms with Gasteiger partial charge in [0.05, 0.1) is 21.7 Å². The number of sulfonamides is 1. The molecular formula is C24H30N6O6S. The SMILES string of the molecule is O=[N+]([O-])c1ccc(N2CCCCCC2)c(/C=N\Nc2ccc([N+](=O)[O-])cc2S(=O)(=O)N2CCCCC2)c1. The van der Waals surface area contributed by atoms with Crippen molar-refractivity contribution in [2.24, 2.45) is 5.10 Å². The average molecular weight is 531 g/mol. The second-order valence-electron chi connectivity index (χ2n) is 9.17. The summed E-state index contributed by atoms with van der Waals surface area (Å²) in [5.41, 5.74) is 3.72. The number of hydrogen-bond donors (Lipinski definition) is 1. The van der Waals surface area contributed by atoms with Crippen LogP contribution in [0.25, 0.3) is 0 Å². The molecule has 0 saturated carbocycles. The molecule has 12 nitrogen and oxygen atoms in total. The van der Waals surface area contributed by atoms with Gasteiger partial charge in [0.1, 0.15) is 4.90 Å². The fraction of sp³-hybridized carbons (Fsp3) is 0.458. The maximum Gasteiger partial charge on any atom is 0.270 e. The van der Waals surface area contributed by atoms with E-state index in [1.54, 1.807) is 6.07 Å². The van der Waals surface area contributed by atoms with Crippen molar-refractivity contribution in [2.45, 2.75) is 49.8 Å². The molecule has 0 atom stereocenters. The van der Waals surface area contributed by atoms with E-state index in [-0.39, 0.29) is 22.0 Å². The van der Waals surface area contributed by atoms with Crippen molar-refractivity contribution in [1.29, 1.82) is 0 Å². The summed E-state index contributed by atoms with van der Waals surface area (Å²) >= 11 is 0. The van der Waals surface area contributed by atoms with E-state index in [1.165, 1.54) is 34.8 Å². The fourth-order valence-corrected chi connectivity index (χ4v) is 6.38. The van der Waals surface area contributed by atoms with Gasteiger partial charge in [-0.2, -0.15) is 9.41 Å². The topological polar surface area (TPSA) is 151 Å². The van der Waals surface area contributed by atoms with Gasteiger partial charge in [0.15, 0.2) is 0 Å². The van der Waals surface area contributed by atoms with Crippen LogP contribution in [0.5, 0.6) is 0 Å². The number of non-ortho nitro benzene ring substituents is 2. The van der Waals surface area contributed by atoms with E-state index in [0.717, 1.165) is 69.8 Å². The van der Waals surface area contributed by atoms with E-state index in [9.17, 15) is 28.6 Å². The van der Waals surface area contributed by atoms with E-state index in [2.05, 4.69) is 15.4 Å². The molecule has 4 rings (SSSR count). The maximum atomic E-state index is 13.4. The number of benzene rings is 2. The monoisotopic (exact) mass is 530 g/mol. The van der Waals surface area contributed by atoms with E-state index in [0.29, 0.717) is 18.7 Å². The molecule has 198 valence electrons. The van der Waals surface area contributed by atoms with Crippen LogP contribution < -0.4 is 10.3 Å². The van der Waals surface area contributed by atoms with Gasteiger partial charge >= 0.3 is 0 Å². The highest BCUT2D eigenvalue weighted by molar-refractivity contribution is 7.89. The number of rotatable bonds is 8. The standard InChI is InChI=1S/C24H30N6O6S/c31-29(32)20-9-11-23(27-12-4-1-2-5-13-27)19(16-20)18-25-26-22-10-8-21(30(33)34)17-24(22)37(35,36)28-14-6-3-7-15-28/h8-11,16-18,26H,1-7,12-15H2/b25-18-. The molecule has 0 aromatic heterocycles. The number of hydrazone groups is 1. The minimum absolute atomic E-state index is 0.0799. The minimum Gasteiger partial charge on any atom is -0.371 e. The Morgan fingerprint density at radius 2 is 1.38 bits per heavy atom. The molecule has 2 aliphatic heterocycles. The molecule has 13 heteroatoms. The van der Waals surface area contributed by atoms with Gasteiger partial charge in [0, 0.05) is 61.7 Å². The van der Waals surface area contributed by atoms with E-state index >= 15 is 0 Å². The van der Waals surface area contributed by atoms with Gasteiger partial charge in [-0.3, -0.25) is 25.7 Å². The Kier molecular flexibility index (Phi) is 8.34. The van der Waals surface area contributed by atoms with E-state index < -0.39 is 19.9 Å². The lowest BCUT2D eigenvalue weighted by Crippen LogP contribution is -2.35. The third-order valence-electron chi connectivity index (χ3n) is 6.67. The molecule has 2 aromatic carbocycles. The summed E-state index contributed by atoms with van der Waals surface area (Å²) in [6, 6.07) is 8.18. The smallest absolute Gasteiger partial charge is 0.270 e. The Morgan fingerprint density at radius 1 is 0.811 bits per heavy atom. The van der Waals surface area contributed by atoms with Gasteiger partial charge in [-0.1, -0.05) is 19.3 Å². The van der Waals surface area contributed by atoms with Gasteiger partial charge < -0.3 is 4.90 Å². The zero-order chi connectivity index (χ0) is 26.4. The summed E-state index contributed by atoms with van der Waals surface area (Å²) in [5, 5.41) is 27.0. The Bertz CT molecular complexity index is 1280. The number of nitrogens with one attached hydrogen (secondary N) is 1. The van der Waals surface area contributed by atoms with Crippen molar-refractivity contribution >= 4 is 39.0 Å². The quantitative estimate of drug-likeness (QED) is 0.297. The molecule has 0 spiro atoms. The average Bonchev–Trinajstić information content (AvgIpc) is 3.18. The zero-order valence-corrected chi connectivity index (χ0v) is 21.2. The van der Waals surface area contributed by atoms with Crippen LogP contribution in [-0.2, 0) is 10.0 Å². The van der Waals surface area contributed by atoms with Gasteiger partial charge in [-0.25, -0.2) is 8.42 Å². The summed E-state index contributed by atoms with van der Waals surface area (Å²) in [5.74, 6) is 0. The van der Waals surface area contributed by atoms with Crippen molar-refractivity contribution in [3.8, 4) is 0 Å². The number of anilines is 2. The highest BCUT2D eigenvalue weighted by Crippen LogP contribution is 2.31. The number of nitrogens with zero attached hydrogens (tertiary/aromatic N) is 5. The van der Waals surface area contributed by atoms with Gasteiger partial charge in [0.25, 0.3) is 11.4 Å². The Morgan fingerprint density at radius 3 is 2.03 bits per heavy atom. The van der Waals surface area contributed by atoms with Gasteiger partial charge in [-0.15, -0.1) is 0 Å². The number of hydrogen-bond acceptors (Lipinski definition) is 9. The van der Waals surface area contributed by atoms with Gasteiger partial charge in [0.2, 0.25) is 10.0 Å². The summed E-state index contributed by atoms with van der Waals surface area (Å²) < 4.78 is 28.1. The molecule has 0 bridgehead atoms. The number of nitro groups is 2. The van der Waals surface area contributed by atoms with Crippen LogP contribution in [0, 0.1) is 20.2 Å². The molecule has 0 unspecified atom stereocenters. The first-order valence-corrected chi connectivity index (χ1v) is 13.8. The first-order valence-electron chi connectivity index (χ1n) is 12.4. The third kappa shape index (κ3) is 6.23. The van der Waals surface area contributed by atoms with Gasteiger partial charge in [-0.05, 0) is 37.8 Å². The maximum absolute atomic E-state index is 13.4. The van der Waals surface area contributed by atoms with Crippen LogP contribution >= 0.6 is 0 Å². The summed E-state index contributed by atoms with van der Waals surface area (Å²) in [6.07, 6.45) is 8.09. The summed E-state index contributed by atoms with van der Waals surface area (Å²) in [4.78, 5) is 23.6. The molecule has 2 fully saturated rings. The molecule has 2 saturated heterocycles. The fourth-order valence-electron chi connectivity index (χ4n) is 4.70. The summed E-state index contributed by atoms with van der Waals surface area (Å²) in [6.45, 7) is 2.35. The lowest BCUT2D eigenvalue weighted by Gasteiger charge is -2.26. The van der Waals surface area contributed by atoms with Crippen LogP contribution in [0.4, 0.5) is 22.7 Å². The van der Waals surface area contributed by atoms with Crippen molar-refractivity contribution in [3.05, 3.63) is 62.2 Å². The first kappa shape index (κ1) is 26.5. The van der Waals surface area contributed by atoms with Crippen molar-refractivity contribution in [3.63, 3.8) is 0 Å². The van der Waals surface area contributed by atoms with Crippen molar-refractivity contribution < 1.29 is 18.3 Å². The number of piperidine rings is 1. The van der Waals surface area contributed by atoms with E-state index in [4.69, 9.17) is 0 Å². The normalized spacial score (nSPS) is 17.5. The highest BCUT2D eigenvalue weighted by atomic mass is 32.2. The van der Waals surface area contributed by atoms with Crippen molar-refractivity contribution in [2.75, 3.05) is 36.5 Å². The Hall–Kier alpha value is -3.58. The third-order valence-corrected chi connectivity index (χ3v) is 8.60. The molecule has 0 radical (unpaired) electrons. The predicted molar refractivity (Wildman–Crippen MR) is 141 cm³/mol. The van der Waals surface area contributed by atoms with Crippen LogP contribution in [0.2, 0.25) is 0 Å². The van der Waals surface area contributed by atoms with E-state index in [1.807, 2.05) is 0 Å². The lowest BCUT2D eigenvalue weighted by molar-refractivity contribution is -0.385. The van der Waals surface area contributed by atoms with Crippen molar-refractivity contribution in [1.82, 2.24) is 4.31 Å². The predicted octanol–water partition coefficient (Wildman–Crippen LogP) is 4.50. The summed E-state index contributed by atoms with van der Waals surface area (Å²) in [7, 11) is -4.00. The largest absolute Gasteiger partial charge is 0.371 e. The number of nitro benzene ring substituents is 2. The molecule has 2 heterocycles. The molecule has 0 amide bonds. The zero-order valence-electron chi connectivity index (χ0n) is 20.4. The molecule has 37 heavy (non-hydrogen) atoms. The van der Waals surface area contributed by atoms with Crippen LogP contribution in [0.15, 0.2) is 46.4 Å². The second kappa shape index (κ2) is 11.6. The second-order valence-corrected chi connectivity index (χ2v) is 11.1. The van der Waals surface area contributed by atoms with Crippen LogP contribution in [0.1, 0.15) is 50.5 Å². The highest BCUT2D eigenvalue weighted by Gasteiger charge is 2.30.